The van der Waals surface area contributed by atoms with Gasteiger partial charge in [0, 0.05) is 43.0 Å². The fourth-order valence-corrected chi connectivity index (χ4v) is 6.33. The van der Waals surface area contributed by atoms with Crippen LogP contribution < -0.4 is 0 Å². The molecule has 0 N–H and O–H groups in total. The molecule has 3 rings (SSSR count). The molecule has 1 amide bonds. The number of carbonyl (C=O) groups is 1. The summed E-state index contributed by atoms with van der Waals surface area (Å²) in [6, 6.07) is 1.82. The van der Waals surface area contributed by atoms with Gasteiger partial charge in [-0.25, -0.2) is 8.42 Å². The Morgan fingerprint density at radius 2 is 1.92 bits per heavy atom. The molecule has 24 heavy (non-hydrogen) atoms. The first-order chi connectivity index (χ1) is 11.0. The number of fused-ring (bicyclic) bond motifs is 1. The van der Waals surface area contributed by atoms with Crippen LogP contribution >= 0.6 is 0 Å². The summed E-state index contributed by atoms with van der Waals surface area (Å²) in [7, 11) is 0.701. The van der Waals surface area contributed by atoms with Crippen molar-refractivity contribution in [3.8, 4) is 0 Å². The van der Waals surface area contributed by atoms with Crippen molar-refractivity contribution in [3.63, 3.8) is 0 Å². The highest BCUT2D eigenvalue weighted by atomic mass is 32.2. The first kappa shape index (κ1) is 17.5. The van der Waals surface area contributed by atoms with Gasteiger partial charge in [-0.15, -0.1) is 0 Å². The van der Waals surface area contributed by atoms with Crippen LogP contribution in [0.3, 0.4) is 0 Å². The van der Waals surface area contributed by atoms with Gasteiger partial charge < -0.3 is 14.4 Å². The molecule has 0 aromatic carbocycles. The Hall–Kier alpha value is -1.34. The summed E-state index contributed by atoms with van der Waals surface area (Å²) in [5, 5.41) is -0.418. The summed E-state index contributed by atoms with van der Waals surface area (Å²) in [6.45, 7) is 7.07. The number of carbonyl (C=O) groups excluding carboxylic acids is 1. The SMILES string of the molecule is CN(C)[C@@H]1CS(=O)(=O)[C@H]2CN(C(=O)c3ccn(C(C)(C)C)c3)C[C@@H]12. The second kappa shape index (κ2) is 5.59. The topological polar surface area (TPSA) is 62.6 Å². The van der Waals surface area contributed by atoms with E-state index >= 15 is 0 Å². The van der Waals surface area contributed by atoms with Crippen LogP contribution in [0.2, 0.25) is 0 Å². The molecule has 7 heteroatoms. The molecule has 2 aliphatic heterocycles. The lowest BCUT2D eigenvalue weighted by atomic mass is 10.00. The summed E-state index contributed by atoms with van der Waals surface area (Å²) in [6.07, 6.45) is 3.76. The van der Waals surface area contributed by atoms with Gasteiger partial charge in [0.05, 0.1) is 16.6 Å². The largest absolute Gasteiger partial charge is 0.348 e. The minimum atomic E-state index is -3.13. The predicted molar refractivity (Wildman–Crippen MR) is 93.9 cm³/mol. The molecule has 0 radical (unpaired) electrons. The van der Waals surface area contributed by atoms with Gasteiger partial charge in [0.15, 0.2) is 9.84 Å². The van der Waals surface area contributed by atoms with Crippen molar-refractivity contribution in [1.29, 1.82) is 0 Å². The van der Waals surface area contributed by atoms with Gasteiger partial charge in [0.1, 0.15) is 0 Å². The van der Waals surface area contributed by atoms with Crippen LogP contribution in [-0.4, -0.2) is 72.9 Å². The Morgan fingerprint density at radius 3 is 2.46 bits per heavy atom. The van der Waals surface area contributed by atoms with Gasteiger partial charge >= 0.3 is 0 Å². The molecule has 134 valence electrons. The average Bonchev–Trinajstić information content (AvgIpc) is 3.13. The molecule has 2 saturated heterocycles. The third-order valence-corrected chi connectivity index (χ3v) is 7.56. The highest BCUT2D eigenvalue weighted by molar-refractivity contribution is 7.92. The van der Waals surface area contributed by atoms with E-state index in [9.17, 15) is 13.2 Å². The molecule has 1 aromatic rings. The number of sulfone groups is 1. The van der Waals surface area contributed by atoms with Gasteiger partial charge in [0.2, 0.25) is 0 Å². The molecule has 2 fully saturated rings. The third kappa shape index (κ3) is 2.88. The molecule has 3 heterocycles. The molecule has 0 spiro atoms. The molecule has 0 bridgehead atoms. The van der Waals surface area contributed by atoms with Crippen LogP contribution in [0.15, 0.2) is 18.5 Å². The summed E-state index contributed by atoms with van der Waals surface area (Å²) in [5.41, 5.74) is 0.545. The summed E-state index contributed by atoms with van der Waals surface area (Å²) in [4.78, 5) is 16.5. The third-order valence-electron chi connectivity index (χ3n) is 5.33. The van der Waals surface area contributed by atoms with Crippen molar-refractivity contribution in [2.75, 3.05) is 32.9 Å². The van der Waals surface area contributed by atoms with Crippen molar-refractivity contribution in [2.45, 2.75) is 37.6 Å². The van der Waals surface area contributed by atoms with Crippen LogP contribution in [0.5, 0.6) is 0 Å². The zero-order valence-electron chi connectivity index (χ0n) is 15.1. The van der Waals surface area contributed by atoms with Crippen LogP contribution in [0.4, 0.5) is 0 Å². The van der Waals surface area contributed by atoms with Gasteiger partial charge in [-0.3, -0.25) is 4.79 Å². The summed E-state index contributed by atoms with van der Waals surface area (Å²) >= 11 is 0. The van der Waals surface area contributed by atoms with Crippen LogP contribution in [0, 0.1) is 5.92 Å². The zero-order valence-corrected chi connectivity index (χ0v) is 15.9. The first-order valence-corrected chi connectivity index (χ1v) is 10.1. The number of aromatic nitrogens is 1. The maximum Gasteiger partial charge on any atom is 0.255 e. The molecule has 3 atom stereocenters. The molecule has 0 saturated carbocycles. The predicted octanol–water partition coefficient (Wildman–Crippen LogP) is 1.04. The van der Waals surface area contributed by atoms with E-state index in [4.69, 9.17) is 0 Å². The Morgan fingerprint density at radius 1 is 1.25 bits per heavy atom. The standard InChI is InChI=1S/C17H27N3O3S/c1-17(2,3)20-7-6-12(8-20)16(21)19-9-13-14(18(4)5)11-24(22,23)15(13)10-19/h6-8,13-15H,9-11H2,1-5H3/t13-,14+,15-/m0/s1. The fraction of sp³-hybridized carbons (Fsp3) is 0.706. The number of amides is 1. The lowest BCUT2D eigenvalue weighted by Crippen LogP contribution is -2.38. The first-order valence-electron chi connectivity index (χ1n) is 8.36. The van der Waals surface area contributed by atoms with Gasteiger partial charge in [0.25, 0.3) is 5.91 Å². The maximum absolute atomic E-state index is 12.8. The normalized spacial score (nSPS) is 29.2. The van der Waals surface area contributed by atoms with E-state index in [0.29, 0.717) is 18.7 Å². The average molecular weight is 353 g/mol. The Kier molecular flexibility index (Phi) is 4.07. The molecule has 1 aromatic heterocycles. The highest BCUT2D eigenvalue weighted by Crippen LogP contribution is 2.36. The zero-order chi connectivity index (χ0) is 17.9. The van der Waals surface area contributed by atoms with Crippen molar-refractivity contribution in [2.24, 2.45) is 5.92 Å². The molecular weight excluding hydrogens is 326 g/mol. The Balaban J connectivity index is 1.80. The van der Waals surface area contributed by atoms with Crippen molar-refractivity contribution >= 4 is 15.7 Å². The minimum Gasteiger partial charge on any atom is -0.348 e. The van der Waals surface area contributed by atoms with Gasteiger partial charge in [-0.2, -0.15) is 0 Å². The van der Waals surface area contributed by atoms with E-state index in [1.807, 2.05) is 42.0 Å². The lowest BCUT2D eigenvalue weighted by molar-refractivity contribution is 0.0779. The second-order valence-electron chi connectivity index (χ2n) is 8.25. The lowest BCUT2D eigenvalue weighted by Gasteiger charge is -2.25. The molecule has 0 unspecified atom stereocenters. The highest BCUT2D eigenvalue weighted by Gasteiger charge is 2.53. The van der Waals surface area contributed by atoms with Crippen LogP contribution in [0.25, 0.3) is 0 Å². The number of nitrogens with zero attached hydrogens (tertiary/aromatic N) is 3. The number of rotatable bonds is 2. The summed E-state index contributed by atoms with van der Waals surface area (Å²) < 4.78 is 26.9. The Bertz CT molecular complexity index is 745. The van der Waals surface area contributed by atoms with Gasteiger partial charge in [-0.1, -0.05) is 0 Å². The Labute approximate surface area is 144 Å². The van der Waals surface area contributed by atoms with Crippen molar-refractivity contribution in [1.82, 2.24) is 14.4 Å². The van der Waals surface area contributed by atoms with E-state index in [2.05, 4.69) is 20.8 Å². The maximum atomic E-state index is 12.8. The monoisotopic (exact) mass is 353 g/mol. The molecule has 0 aliphatic carbocycles. The van der Waals surface area contributed by atoms with Crippen LogP contribution in [-0.2, 0) is 15.4 Å². The van der Waals surface area contributed by atoms with E-state index < -0.39 is 15.1 Å². The quantitative estimate of drug-likeness (QED) is 0.797. The number of likely N-dealkylation sites (tertiary alicyclic amines) is 1. The van der Waals surface area contributed by atoms with Crippen LogP contribution in [0.1, 0.15) is 31.1 Å². The molecule has 2 aliphatic rings. The van der Waals surface area contributed by atoms with Crippen molar-refractivity contribution < 1.29 is 13.2 Å². The number of hydrogen-bond donors (Lipinski definition) is 0. The van der Waals surface area contributed by atoms with Gasteiger partial charge in [-0.05, 0) is 40.9 Å². The second-order valence-corrected chi connectivity index (χ2v) is 10.5. The van der Waals surface area contributed by atoms with E-state index in [1.54, 1.807) is 4.90 Å². The molecular formula is C17H27N3O3S. The molecule has 6 nitrogen and oxygen atoms in total. The van der Waals surface area contributed by atoms with E-state index in [-0.39, 0.29) is 29.2 Å². The fourth-order valence-electron chi connectivity index (χ4n) is 3.85. The summed E-state index contributed by atoms with van der Waals surface area (Å²) in [5.74, 6) is 0.149. The van der Waals surface area contributed by atoms with E-state index in [1.165, 1.54) is 0 Å². The van der Waals surface area contributed by atoms with Crippen molar-refractivity contribution in [3.05, 3.63) is 24.0 Å². The smallest absolute Gasteiger partial charge is 0.255 e. The van der Waals surface area contributed by atoms with E-state index in [0.717, 1.165) is 0 Å². The minimum absolute atomic E-state index is 0.00280. The number of hydrogen-bond acceptors (Lipinski definition) is 4.